The number of benzene rings is 2. The smallest absolute Gasteiger partial charge is 0.406 e. The van der Waals surface area contributed by atoms with Crippen molar-refractivity contribution >= 4 is 44.1 Å². The summed E-state index contributed by atoms with van der Waals surface area (Å²) >= 11 is 3.43. The van der Waals surface area contributed by atoms with Crippen LogP contribution in [0.4, 0.5) is 9.18 Å². The number of ether oxygens (including phenoxy) is 1. The minimum absolute atomic E-state index is 0.240. The van der Waals surface area contributed by atoms with Crippen molar-refractivity contribution < 1.29 is 13.9 Å². The van der Waals surface area contributed by atoms with Crippen LogP contribution < -0.4 is 10.1 Å². The van der Waals surface area contributed by atoms with E-state index in [-0.39, 0.29) is 17.6 Å². The number of H-pyrrole nitrogens is 1. The third-order valence-electron chi connectivity index (χ3n) is 5.29. The summed E-state index contributed by atoms with van der Waals surface area (Å²) in [5.41, 5.74) is 3.46. The third kappa shape index (κ3) is 4.05. The van der Waals surface area contributed by atoms with E-state index >= 15 is 0 Å². The van der Waals surface area contributed by atoms with E-state index in [1.165, 1.54) is 18.3 Å². The lowest BCUT2D eigenvalue weighted by atomic mass is 10.1. The van der Waals surface area contributed by atoms with Crippen molar-refractivity contribution in [2.24, 2.45) is 7.05 Å². The first-order valence-corrected chi connectivity index (χ1v) is 10.9. The minimum Gasteiger partial charge on any atom is -0.406 e. The number of hydrogen-bond acceptors (Lipinski definition) is 5. The van der Waals surface area contributed by atoms with Crippen LogP contribution in [0.25, 0.3) is 33.5 Å². The van der Waals surface area contributed by atoms with Crippen molar-refractivity contribution in [2.75, 3.05) is 0 Å². The van der Waals surface area contributed by atoms with Crippen molar-refractivity contribution in [3.05, 3.63) is 70.7 Å². The van der Waals surface area contributed by atoms with E-state index in [9.17, 15) is 9.18 Å². The van der Waals surface area contributed by atoms with Gasteiger partial charge in [-0.25, -0.2) is 19.2 Å². The highest BCUT2D eigenvalue weighted by atomic mass is 79.9. The Morgan fingerprint density at radius 1 is 1.27 bits per heavy atom. The number of aromatic amines is 1. The molecule has 0 aliphatic carbocycles. The van der Waals surface area contributed by atoms with Gasteiger partial charge in [0.25, 0.3) is 0 Å². The zero-order valence-electron chi connectivity index (χ0n) is 17.6. The van der Waals surface area contributed by atoms with Gasteiger partial charge in [0, 0.05) is 23.1 Å². The number of nitrogens with one attached hydrogen (secondary N) is 2. The predicted octanol–water partition coefficient (Wildman–Crippen LogP) is 5.26. The van der Waals surface area contributed by atoms with Gasteiger partial charge in [0.2, 0.25) is 0 Å². The summed E-state index contributed by atoms with van der Waals surface area (Å²) in [6.07, 6.45) is 2.49. The summed E-state index contributed by atoms with van der Waals surface area (Å²) in [5.74, 6) is -0.104. The SMILES string of the molecule is C[C@@H](NC(=O)Oc1c[nH]c2ncc(-c3nn(C)c4cc(F)ccc34)nc12)c1cccc(Br)c1. The number of fused-ring (bicyclic) bond motifs is 2. The van der Waals surface area contributed by atoms with E-state index in [2.05, 4.69) is 41.3 Å². The van der Waals surface area contributed by atoms with Crippen LogP contribution in [0.3, 0.4) is 0 Å². The topological polar surface area (TPSA) is 97.7 Å². The average Bonchev–Trinajstić information content (AvgIpc) is 3.34. The first-order valence-electron chi connectivity index (χ1n) is 10.1. The summed E-state index contributed by atoms with van der Waals surface area (Å²) < 4.78 is 21.7. The van der Waals surface area contributed by atoms with E-state index in [1.54, 1.807) is 24.0 Å². The van der Waals surface area contributed by atoms with E-state index in [4.69, 9.17) is 4.74 Å². The molecule has 0 radical (unpaired) electrons. The fraction of sp³-hybridized carbons (Fsp3) is 0.130. The molecule has 8 nitrogen and oxygen atoms in total. The van der Waals surface area contributed by atoms with Crippen molar-refractivity contribution in [2.45, 2.75) is 13.0 Å². The maximum atomic E-state index is 13.7. The van der Waals surface area contributed by atoms with Crippen LogP contribution in [0, 0.1) is 5.82 Å². The number of aryl methyl sites for hydroxylation is 1. The van der Waals surface area contributed by atoms with Gasteiger partial charge in [0.15, 0.2) is 16.9 Å². The number of rotatable bonds is 4. The lowest BCUT2D eigenvalue weighted by Gasteiger charge is -2.14. The molecule has 3 heterocycles. The largest absolute Gasteiger partial charge is 0.413 e. The van der Waals surface area contributed by atoms with Crippen LogP contribution in [-0.4, -0.2) is 30.8 Å². The van der Waals surface area contributed by atoms with Crippen molar-refractivity contribution in [1.29, 1.82) is 0 Å². The second-order valence-electron chi connectivity index (χ2n) is 7.55. The Morgan fingerprint density at radius 2 is 2.12 bits per heavy atom. The molecular weight excluding hydrogens is 491 g/mol. The second kappa shape index (κ2) is 8.28. The highest BCUT2D eigenvalue weighted by Crippen LogP contribution is 2.30. The van der Waals surface area contributed by atoms with Crippen LogP contribution in [0.1, 0.15) is 18.5 Å². The molecule has 3 aromatic heterocycles. The molecule has 166 valence electrons. The van der Waals surface area contributed by atoms with Gasteiger partial charge in [0.05, 0.1) is 17.8 Å². The molecule has 0 spiro atoms. The highest BCUT2D eigenvalue weighted by molar-refractivity contribution is 9.10. The zero-order valence-corrected chi connectivity index (χ0v) is 19.2. The predicted molar refractivity (Wildman–Crippen MR) is 125 cm³/mol. The third-order valence-corrected chi connectivity index (χ3v) is 5.78. The number of carbonyl (C=O) groups excluding carboxylic acids is 1. The lowest BCUT2D eigenvalue weighted by molar-refractivity contribution is 0.197. The molecular formula is C23H18BrFN6O2. The van der Waals surface area contributed by atoms with Gasteiger partial charge < -0.3 is 15.0 Å². The van der Waals surface area contributed by atoms with Crippen LogP contribution in [0.2, 0.25) is 0 Å². The molecule has 33 heavy (non-hydrogen) atoms. The normalized spacial score (nSPS) is 12.2. The number of nitrogens with zero attached hydrogens (tertiary/aromatic N) is 4. The molecule has 0 bridgehead atoms. The maximum absolute atomic E-state index is 13.7. The first-order chi connectivity index (χ1) is 15.9. The molecule has 10 heteroatoms. The Hall–Kier alpha value is -3.79. The minimum atomic E-state index is -0.616. The molecule has 0 aliphatic rings. The fourth-order valence-electron chi connectivity index (χ4n) is 3.65. The summed E-state index contributed by atoms with van der Waals surface area (Å²) in [5, 5.41) is 8.03. The Balaban J connectivity index is 1.43. The summed E-state index contributed by atoms with van der Waals surface area (Å²) in [7, 11) is 1.73. The summed E-state index contributed by atoms with van der Waals surface area (Å²) in [4.78, 5) is 24.5. The number of aromatic nitrogens is 5. The molecule has 0 saturated carbocycles. The van der Waals surface area contributed by atoms with Crippen LogP contribution >= 0.6 is 15.9 Å². The van der Waals surface area contributed by atoms with Gasteiger partial charge in [-0.15, -0.1) is 0 Å². The Labute approximate surface area is 195 Å². The Morgan fingerprint density at radius 3 is 2.94 bits per heavy atom. The molecule has 0 aliphatic heterocycles. The molecule has 0 unspecified atom stereocenters. The fourth-order valence-corrected chi connectivity index (χ4v) is 4.06. The van der Waals surface area contributed by atoms with Crippen LogP contribution in [0.15, 0.2) is 59.3 Å². The molecule has 5 aromatic rings. The second-order valence-corrected chi connectivity index (χ2v) is 8.47. The Bertz CT molecular complexity index is 1510. The van der Waals surface area contributed by atoms with E-state index in [0.29, 0.717) is 28.1 Å². The number of amides is 1. The van der Waals surface area contributed by atoms with Gasteiger partial charge >= 0.3 is 6.09 Å². The maximum Gasteiger partial charge on any atom is 0.413 e. The van der Waals surface area contributed by atoms with Crippen molar-refractivity contribution in [3.63, 3.8) is 0 Å². The molecule has 0 fully saturated rings. The molecule has 2 N–H and O–H groups in total. The van der Waals surface area contributed by atoms with Crippen molar-refractivity contribution in [3.8, 4) is 17.1 Å². The molecule has 0 saturated heterocycles. The molecule has 1 atom stereocenters. The zero-order chi connectivity index (χ0) is 23.1. The monoisotopic (exact) mass is 508 g/mol. The van der Waals surface area contributed by atoms with Gasteiger partial charge in [-0.2, -0.15) is 5.10 Å². The van der Waals surface area contributed by atoms with E-state index in [0.717, 1.165) is 15.4 Å². The van der Waals surface area contributed by atoms with Gasteiger partial charge in [-0.1, -0.05) is 28.1 Å². The van der Waals surface area contributed by atoms with E-state index in [1.807, 2.05) is 31.2 Å². The van der Waals surface area contributed by atoms with Crippen LogP contribution in [-0.2, 0) is 7.05 Å². The van der Waals surface area contributed by atoms with E-state index < -0.39 is 6.09 Å². The average molecular weight is 509 g/mol. The quantitative estimate of drug-likeness (QED) is 0.345. The standard InChI is InChI=1S/C23H18BrFN6O2/c1-12(13-4-3-5-14(24)8-13)28-23(32)33-19-11-27-22-21(19)29-17(10-26-22)20-16-7-6-15(25)9-18(16)31(2)30-20/h3-12H,1-2H3,(H,26,27)(H,28,32)/t12-/m1/s1. The number of halogens is 2. The lowest BCUT2D eigenvalue weighted by Crippen LogP contribution is -2.29. The molecule has 2 aromatic carbocycles. The van der Waals surface area contributed by atoms with Crippen LogP contribution in [0.5, 0.6) is 5.75 Å². The van der Waals surface area contributed by atoms with Gasteiger partial charge in [0.1, 0.15) is 17.2 Å². The number of carbonyl (C=O) groups is 1. The molecule has 1 amide bonds. The van der Waals surface area contributed by atoms with Gasteiger partial charge in [-0.05, 0) is 42.8 Å². The summed E-state index contributed by atoms with van der Waals surface area (Å²) in [6, 6.07) is 11.8. The van der Waals surface area contributed by atoms with Gasteiger partial charge in [-0.3, -0.25) is 4.68 Å². The Kier molecular flexibility index (Phi) is 5.29. The highest BCUT2D eigenvalue weighted by Gasteiger charge is 2.18. The number of hydrogen-bond donors (Lipinski definition) is 2. The first kappa shape index (κ1) is 21.1. The van der Waals surface area contributed by atoms with Crippen molar-refractivity contribution in [1.82, 2.24) is 30.0 Å². The molecule has 5 rings (SSSR count). The summed E-state index contributed by atoms with van der Waals surface area (Å²) in [6.45, 7) is 1.87.